The molecule has 4 nitrogen and oxygen atoms in total. The standard InChI is InChI=1S/C15H18FN3O/c1-10(2)17-7-12-8-19-15(9-18-12)20-13-4-5-14(16)11(3)6-13/h4-6,8-10,17H,7H2,1-3H3. The summed E-state index contributed by atoms with van der Waals surface area (Å²) < 4.78 is 18.7. The maximum Gasteiger partial charge on any atom is 0.237 e. The molecule has 0 amide bonds. The molecule has 1 aromatic heterocycles. The Morgan fingerprint density at radius 3 is 2.65 bits per heavy atom. The Morgan fingerprint density at radius 2 is 2.05 bits per heavy atom. The molecule has 0 aliphatic rings. The van der Waals surface area contributed by atoms with Gasteiger partial charge >= 0.3 is 0 Å². The Labute approximate surface area is 118 Å². The van der Waals surface area contributed by atoms with Gasteiger partial charge in [0.15, 0.2) is 0 Å². The smallest absolute Gasteiger partial charge is 0.237 e. The van der Waals surface area contributed by atoms with Gasteiger partial charge in [-0.3, -0.25) is 4.98 Å². The number of halogens is 1. The predicted octanol–water partition coefficient (Wildman–Crippen LogP) is 3.21. The molecule has 20 heavy (non-hydrogen) atoms. The summed E-state index contributed by atoms with van der Waals surface area (Å²) in [6, 6.07) is 4.97. The van der Waals surface area contributed by atoms with Crippen LogP contribution in [0.2, 0.25) is 0 Å². The van der Waals surface area contributed by atoms with E-state index in [1.165, 1.54) is 6.07 Å². The highest BCUT2D eigenvalue weighted by molar-refractivity contribution is 5.31. The molecule has 2 rings (SSSR count). The molecule has 0 unspecified atom stereocenters. The van der Waals surface area contributed by atoms with Crippen molar-refractivity contribution in [2.45, 2.75) is 33.4 Å². The largest absolute Gasteiger partial charge is 0.437 e. The zero-order valence-electron chi connectivity index (χ0n) is 11.9. The number of hydrogen-bond acceptors (Lipinski definition) is 4. The van der Waals surface area contributed by atoms with Gasteiger partial charge in [-0.05, 0) is 30.7 Å². The van der Waals surface area contributed by atoms with E-state index in [-0.39, 0.29) is 5.82 Å². The van der Waals surface area contributed by atoms with Crippen LogP contribution in [-0.2, 0) is 6.54 Å². The number of nitrogens with zero attached hydrogens (tertiary/aromatic N) is 2. The first-order valence-electron chi connectivity index (χ1n) is 6.53. The second kappa shape index (κ2) is 6.43. The summed E-state index contributed by atoms with van der Waals surface area (Å²) in [5.74, 6) is 0.689. The maximum absolute atomic E-state index is 13.1. The van der Waals surface area contributed by atoms with Gasteiger partial charge in [-0.1, -0.05) is 13.8 Å². The third-order valence-electron chi connectivity index (χ3n) is 2.72. The summed E-state index contributed by atoms with van der Waals surface area (Å²) in [5, 5.41) is 3.26. The zero-order chi connectivity index (χ0) is 14.5. The molecule has 0 fully saturated rings. The lowest BCUT2D eigenvalue weighted by Gasteiger charge is -2.08. The van der Waals surface area contributed by atoms with Gasteiger partial charge in [0.05, 0.1) is 18.1 Å². The third kappa shape index (κ3) is 3.99. The number of benzene rings is 1. The van der Waals surface area contributed by atoms with E-state index < -0.39 is 0 Å². The Hall–Kier alpha value is -2.01. The highest BCUT2D eigenvalue weighted by atomic mass is 19.1. The van der Waals surface area contributed by atoms with E-state index in [2.05, 4.69) is 29.1 Å². The average Bonchev–Trinajstić information content (AvgIpc) is 2.42. The van der Waals surface area contributed by atoms with Gasteiger partial charge in [-0.15, -0.1) is 0 Å². The lowest BCUT2D eigenvalue weighted by molar-refractivity contribution is 0.456. The average molecular weight is 275 g/mol. The molecule has 0 aliphatic heterocycles. The molecule has 0 radical (unpaired) electrons. The van der Waals surface area contributed by atoms with Gasteiger partial charge in [0.25, 0.3) is 0 Å². The van der Waals surface area contributed by atoms with Crippen LogP contribution < -0.4 is 10.1 Å². The summed E-state index contributed by atoms with van der Waals surface area (Å²) >= 11 is 0. The van der Waals surface area contributed by atoms with Crippen LogP contribution in [0.1, 0.15) is 25.1 Å². The van der Waals surface area contributed by atoms with Crippen LogP contribution in [0, 0.1) is 12.7 Å². The SMILES string of the molecule is Cc1cc(Oc2cnc(CNC(C)C)cn2)ccc1F. The molecule has 1 aromatic carbocycles. The number of hydrogen-bond donors (Lipinski definition) is 1. The van der Waals surface area contributed by atoms with Crippen molar-refractivity contribution in [3.05, 3.63) is 47.7 Å². The normalized spacial score (nSPS) is 10.8. The van der Waals surface area contributed by atoms with Crippen molar-refractivity contribution >= 4 is 0 Å². The van der Waals surface area contributed by atoms with E-state index in [1.807, 2.05) is 0 Å². The topological polar surface area (TPSA) is 47.0 Å². The summed E-state index contributed by atoms with van der Waals surface area (Å²) in [6.07, 6.45) is 3.23. The number of ether oxygens (including phenoxy) is 1. The minimum absolute atomic E-state index is 0.251. The van der Waals surface area contributed by atoms with Crippen molar-refractivity contribution in [1.29, 1.82) is 0 Å². The van der Waals surface area contributed by atoms with Crippen LogP contribution in [-0.4, -0.2) is 16.0 Å². The molecule has 106 valence electrons. The predicted molar refractivity (Wildman–Crippen MR) is 75.2 cm³/mol. The lowest BCUT2D eigenvalue weighted by atomic mass is 10.2. The van der Waals surface area contributed by atoms with Gasteiger partial charge in [-0.2, -0.15) is 0 Å². The van der Waals surface area contributed by atoms with Gasteiger partial charge < -0.3 is 10.1 Å². The van der Waals surface area contributed by atoms with Crippen LogP contribution in [0.3, 0.4) is 0 Å². The van der Waals surface area contributed by atoms with Crippen molar-refractivity contribution in [2.24, 2.45) is 0 Å². The first kappa shape index (κ1) is 14.4. The number of aryl methyl sites for hydroxylation is 1. The molecule has 1 N–H and O–H groups in total. The van der Waals surface area contributed by atoms with Crippen LogP contribution in [0.15, 0.2) is 30.6 Å². The van der Waals surface area contributed by atoms with Crippen molar-refractivity contribution in [2.75, 3.05) is 0 Å². The first-order valence-corrected chi connectivity index (χ1v) is 6.53. The molecular weight excluding hydrogens is 257 g/mol. The van der Waals surface area contributed by atoms with Gasteiger partial charge in [-0.25, -0.2) is 9.37 Å². The van der Waals surface area contributed by atoms with Crippen molar-refractivity contribution in [3.63, 3.8) is 0 Å². The molecule has 2 aromatic rings. The lowest BCUT2D eigenvalue weighted by Crippen LogP contribution is -2.22. The van der Waals surface area contributed by atoms with E-state index in [4.69, 9.17) is 4.74 Å². The minimum atomic E-state index is -0.251. The van der Waals surface area contributed by atoms with Crippen LogP contribution in [0.25, 0.3) is 0 Å². The van der Waals surface area contributed by atoms with E-state index in [1.54, 1.807) is 31.5 Å². The summed E-state index contributed by atoms with van der Waals surface area (Å²) in [6.45, 7) is 6.50. The molecule has 0 saturated carbocycles. The molecule has 1 heterocycles. The Balaban J connectivity index is 2.01. The van der Waals surface area contributed by atoms with Crippen LogP contribution in [0.5, 0.6) is 11.6 Å². The second-order valence-electron chi connectivity index (χ2n) is 4.89. The molecule has 0 bridgehead atoms. The summed E-state index contributed by atoms with van der Waals surface area (Å²) in [4.78, 5) is 8.45. The number of rotatable bonds is 5. The molecule has 5 heteroatoms. The van der Waals surface area contributed by atoms with Gasteiger partial charge in [0.1, 0.15) is 11.6 Å². The molecule has 0 spiro atoms. The maximum atomic E-state index is 13.1. The highest BCUT2D eigenvalue weighted by Crippen LogP contribution is 2.21. The Morgan fingerprint density at radius 1 is 1.25 bits per heavy atom. The highest BCUT2D eigenvalue weighted by Gasteiger charge is 2.04. The van der Waals surface area contributed by atoms with Crippen molar-refractivity contribution < 1.29 is 9.13 Å². The number of nitrogens with one attached hydrogen (secondary N) is 1. The van der Waals surface area contributed by atoms with Crippen LogP contribution >= 0.6 is 0 Å². The monoisotopic (exact) mass is 275 g/mol. The van der Waals surface area contributed by atoms with E-state index in [0.29, 0.717) is 29.8 Å². The van der Waals surface area contributed by atoms with Gasteiger partial charge in [0.2, 0.25) is 5.88 Å². The quantitative estimate of drug-likeness (QED) is 0.910. The molecular formula is C15H18FN3O. The summed E-state index contributed by atoms with van der Waals surface area (Å²) in [5.41, 5.74) is 1.38. The van der Waals surface area contributed by atoms with E-state index in [9.17, 15) is 4.39 Å². The minimum Gasteiger partial charge on any atom is -0.437 e. The number of aromatic nitrogens is 2. The Kier molecular flexibility index (Phi) is 4.63. The summed E-state index contributed by atoms with van der Waals surface area (Å²) in [7, 11) is 0. The molecule has 0 saturated heterocycles. The fourth-order valence-corrected chi connectivity index (χ4v) is 1.60. The first-order chi connectivity index (χ1) is 9.54. The third-order valence-corrected chi connectivity index (χ3v) is 2.72. The van der Waals surface area contributed by atoms with Gasteiger partial charge in [0, 0.05) is 12.6 Å². The fraction of sp³-hybridized carbons (Fsp3) is 0.333. The van der Waals surface area contributed by atoms with E-state index >= 15 is 0 Å². The van der Waals surface area contributed by atoms with E-state index in [0.717, 1.165) is 5.69 Å². The van der Waals surface area contributed by atoms with Crippen molar-refractivity contribution in [1.82, 2.24) is 15.3 Å². The molecule has 0 aliphatic carbocycles. The van der Waals surface area contributed by atoms with Crippen molar-refractivity contribution in [3.8, 4) is 11.6 Å². The fourth-order valence-electron chi connectivity index (χ4n) is 1.60. The second-order valence-corrected chi connectivity index (χ2v) is 4.89. The zero-order valence-corrected chi connectivity index (χ0v) is 11.9. The molecule has 0 atom stereocenters. The Bertz CT molecular complexity index is 570. The van der Waals surface area contributed by atoms with Crippen LogP contribution in [0.4, 0.5) is 4.39 Å².